The van der Waals surface area contributed by atoms with Crippen molar-refractivity contribution >= 4 is 5.97 Å². The SMILES string of the molecule is CCN(CC(=O)O)C1CC(NCc2cnc(C)n2-c2ccccc2)C1. The lowest BCUT2D eigenvalue weighted by Gasteiger charge is -2.42. The van der Waals surface area contributed by atoms with Gasteiger partial charge in [0.25, 0.3) is 0 Å². The molecule has 0 amide bonds. The van der Waals surface area contributed by atoms with Crippen LogP contribution in [-0.2, 0) is 11.3 Å². The zero-order valence-corrected chi connectivity index (χ0v) is 14.9. The number of nitrogens with zero attached hydrogens (tertiary/aromatic N) is 3. The number of benzene rings is 1. The first kappa shape index (κ1) is 17.6. The number of aromatic nitrogens is 2. The maximum atomic E-state index is 10.9. The molecule has 1 saturated carbocycles. The Morgan fingerprint density at radius 2 is 2.08 bits per heavy atom. The minimum Gasteiger partial charge on any atom is -0.480 e. The molecule has 0 bridgehead atoms. The summed E-state index contributed by atoms with van der Waals surface area (Å²) in [6.07, 6.45) is 3.92. The summed E-state index contributed by atoms with van der Waals surface area (Å²) >= 11 is 0. The minimum atomic E-state index is -0.750. The molecule has 134 valence electrons. The van der Waals surface area contributed by atoms with Crippen LogP contribution in [0.25, 0.3) is 5.69 Å². The second kappa shape index (κ2) is 7.80. The van der Waals surface area contributed by atoms with Crippen molar-refractivity contribution in [3.8, 4) is 5.69 Å². The summed E-state index contributed by atoms with van der Waals surface area (Å²) in [5.74, 6) is 0.230. The molecule has 1 aliphatic carbocycles. The smallest absolute Gasteiger partial charge is 0.317 e. The van der Waals surface area contributed by atoms with Gasteiger partial charge in [-0.05, 0) is 38.4 Å². The molecular formula is C19H26N4O2. The fourth-order valence-electron chi connectivity index (χ4n) is 3.52. The molecule has 25 heavy (non-hydrogen) atoms. The van der Waals surface area contributed by atoms with E-state index in [1.807, 2.05) is 43.1 Å². The Labute approximate surface area is 148 Å². The van der Waals surface area contributed by atoms with Gasteiger partial charge in [0, 0.05) is 24.3 Å². The van der Waals surface area contributed by atoms with Crippen LogP contribution < -0.4 is 5.32 Å². The normalized spacial score (nSPS) is 19.8. The second-order valence-electron chi connectivity index (χ2n) is 6.63. The number of aryl methyl sites for hydroxylation is 1. The number of hydrogen-bond donors (Lipinski definition) is 2. The Kier molecular flexibility index (Phi) is 5.50. The van der Waals surface area contributed by atoms with Crippen molar-refractivity contribution < 1.29 is 9.90 Å². The van der Waals surface area contributed by atoms with E-state index in [4.69, 9.17) is 5.11 Å². The second-order valence-corrected chi connectivity index (χ2v) is 6.63. The molecule has 1 fully saturated rings. The largest absolute Gasteiger partial charge is 0.480 e. The van der Waals surface area contributed by atoms with Crippen molar-refractivity contribution in [3.05, 3.63) is 48.0 Å². The third-order valence-electron chi connectivity index (χ3n) is 4.97. The van der Waals surface area contributed by atoms with Gasteiger partial charge in [0.1, 0.15) is 5.82 Å². The lowest BCUT2D eigenvalue weighted by Crippen LogP contribution is -2.53. The Hall–Kier alpha value is -2.18. The Morgan fingerprint density at radius 1 is 1.36 bits per heavy atom. The molecule has 0 radical (unpaired) electrons. The van der Waals surface area contributed by atoms with E-state index in [-0.39, 0.29) is 6.54 Å². The maximum Gasteiger partial charge on any atom is 0.317 e. The van der Waals surface area contributed by atoms with Crippen molar-refractivity contribution in [3.63, 3.8) is 0 Å². The van der Waals surface area contributed by atoms with Crippen molar-refractivity contribution in [1.82, 2.24) is 19.8 Å². The van der Waals surface area contributed by atoms with Gasteiger partial charge in [0.05, 0.1) is 18.4 Å². The van der Waals surface area contributed by atoms with Crippen molar-refractivity contribution in [1.29, 1.82) is 0 Å². The predicted octanol–water partition coefficient (Wildman–Crippen LogP) is 2.21. The van der Waals surface area contributed by atoms with Gasteiger partial charge in [-0.15, -0.1) is 0 Å². The quantitative estimate of drug-likeness (QED) is 0.770. The third-order valence-corrected chi connectivity index (χ3v) is 4.97. The molecular weight excluding hydrogens is 316 g/mol. The van der Waals surface area contributed by atoms with Crippen molar-refractivity contribution in [2.45, 2.75) is 45.3 Å². The van der Waals surface area contributed by atoms with E-state index in [1.54, 1.807) is 0 Å². The number of rotatable bonds is 8. The summed E-state index contributed by atoms with van der Waals surface area (Å²) in [4.78, 5) is 17.4. The average Bonchev–Trinajstić information content (AvgIpc) is 2.93. The standard InChI is InChI=1S/C19H26N4O2/c1-3-22(13-19(24)25)17-9-15(10-17)21-12-18-11-20-14(2)23(18)16-7-5-4-6-8-16/h4-8,11,15,17,21H,3,9-10,12-13H2,1-2H3,(H,24,25). The lowest BCUT2D eigenvalue weighted by molar-refractivity contribution is -0.139. The zero-order chi connectivity index (χ0) is 17.8. The van der Waals surface area contributed by atoms with Gasteiger partial charge >= 0.3 is 5.97 Å². The van der Waals surface area contributed by atoms with Crippen LogP contribution in [0, 0.1) is 6.92 Å². The van der Waals surface area contributed by atoms with Gasteiger partial charge in [-0.3, -0.25) is 14.3 Å². The molecule has 1 heterocycles. The van der Waals surface area contributed by atoms with E-state index in [0.717, 1.165) is 43.1 Å². The number of carbonyl (C=O) groups is 1. The summed E-state index contributed by atoms with van der Waals surface area (Å²) in [5, 5.41) is 12.6. The van der Waals surface area contributed by atoms with Crippen LogP contribution in [0.5, 0.6) is 0 Å². The van der Waals surface area contributed by atoms with Crippen LogP contribution in [0.3, 0.4) is 0 Å². The van der Waals surface area contributed by atoms with Crippen molar-refractivity contribution in [2.24, 2.45) is 0 Å². The van der Waals surface area contributed by atoms with Crippen LogP contribution in [0.4, 0.5) is 0 Å². The van der Waals surface area contributed by atoms with Crippen LogP contribution in [0.2, 0.25) is 0 Å². The Morgan fingerprint density at radius 3 is 2.72 bits per heavy atom. The van der Waals surface area contributed by atoms with Gasteiger partial charge in [-0.25, -0.2) is 4.98 Å². The lowest BCUT2D eigenvalue weighted by atomic mass is 9.85. The third kappa shape index (κ3) is 4.08. The molecule has 2 N–H and O–H groups in total. The van der Waals surface area contributed by atoms with Gasteiger partial charge in [0.15, 0.2) is 0 Å². The van der Waals surface area contributed by atoms with E-state index in [2.05, 4.69) is 27.0 Å². The Bertz CT molecular complexity index is 707. The van der Waals surface area contributed by atoms with Gasteiger partial charge < -0.3 is 10.4 Å². The van der Waals surface area contributed by atoms with Crippen molar-refractivity contribution in [2.75, 3.05) is 13.1 Å². The topological polar surface area (TPSA) is 70.4 Å². The molecule has 2 aromatic rings. The monoisotopic (exact) mass is 342 g/mol. The van der Waals surface area contributed by atoms with Gasteiger partial charge in [-0.2, -0.15) is 0 Å². The number of hydrogen-bond acceptors (Lipinski definition) is 4. The fraction of sp³-hybridized carbons (Fsp3) is 0.474. The summed E-state index contributed by atoms with van der Waals surface area (Å²) < 4.78 is 2.17. The molecule has 0 unspecified atom stereocenters. The van der Waals surface area contributed by atoms with Crippen LogP contribution in [0.1, 0.15) is 31.3 Å². The molecule has 1 aromatic carbocycles. The minimum absolute atomic E-state index is 0.133. The zero-order valence-electron chi connectivity index (χ0n) is 14.9. The molecule has 0 saturated heterocycles. The van der Waals surface area contributed by atoms with Gasteiger partial charge in [-0.1, -0.05) is 25.1 Å². The molecule has 0 spiro atoms. The highest BCUT2D eigenvalue weighted by atomic mass is 16.4. The van der Waals surface area contributed by atoms with Crippen LogP contribution >= 0.6 is 0 Å². The van der Waals surface area contributed by atoms with E-state index in [9.17, 15) is 4.79 Å². The number of nitrogens with one attached hydrogen (secondary N) is 1. The number of carboxylic acids is 1. The summed E-state index contributed by atoms with van der Waals surface area (Å²) in [7, 11) is 0. The summed E-state index contributed by atoms with van der Waals surface area (Å²) in [6, 6.07) is 11.1. The first-order chi connectivity index (χ1) is 12.1. The maximum absolute atomic E-state index is 10.9. The first-order valence-electron chi connectivity index (χ1n) is 8.86. The molecule has 0 atom stereocenters. The number of aliphatic carboxylic acids is 1. The fourth-order valence-corrected chi connectivity index (χ4v) is 3.52. The predicted molar refractivity (Wildman–Crippen MR) is 96.8 cm³/mol. The summed E-state index contributed by atoms with van der Waals surface area (Å²) in [6.45, 7) is 5.71. The number of likely N-dealkylation sites (N-methyl/N-ethyl adjacent to an activating group) is 1. The number of carboxylic acid groups (broad SMARTS) is 1. The van der Waals surface area contributed by atoms with E-state index in [0.29, 0.717) is 12.1 Å². The molecule has 1 aliphatic rings. The molecule has 1 aromatic heterocycles. The molecule has 6 nitrogen and oxygen atoms in total. The number of imidazole rings is 1. The van der Waals surface area contributed by atoms with E-state index >= 15 is 0 Å². The van der Waals surface area contributed by atoms with Crippen LogP contribution in [0.15, 0.2) is 36.5 Å². The number of para-hydroxylation sites is 1. The van der Waals surface area contributed by atoms with Gasteiger partial charge in [0.2, 0.25) is 0 Å². The highest BCUT2D eigenvalue weighted by Gasteiger charge is 2.33. The Balaban J connectivity index is 1.55. The molecule has 6 heteroatoms. The molecule has 3 rings (SSSR count). The highest BCUT2D eigenvalue weighted by molar-refractivity contribution is 5.69. The van der Waals surface area contributed by atoms with Crippen LogP contribution in [-0.4, -0.2) is 50.7 Å². The highest BCUT2D eigenvalue weighted by Crippen LogP contribution is 2.26. The van der Waals surface area contributed by atoms with E-state index < -0.39 is 5.97 Å². The average molecular weight is 342 g/mol. The molecule has 0 aliphatic heterocycles. The van der Waals surface area contributed by atoms with E-state index in [1.165, 1.54) is 0 Å². The first-order valence-corrected chi connectivity index (χ1v) is 8.86. The summed E-state index contributed by atoms with van der Waals surface area (Å²) in [5.41, 5.74) is 2.27.